The summed E-state index contributed by atoms with van der Waals surface area (Å²) in [6, 6.07) is 8.24. The van der Waals surface area contributed by atoms with E-state index in [2.05, 4.69) is 90.5 Å². The second-order valence-corrected chi connectivity index (χ2v) is 10.8. The summed E-state index contributed by atoms with van der Waals surface area (Å²) in [7, 11) is 0. The van der Waals surface area contributed by atoms with Crippen LogP contribution in [0.5, 0.6) is 0 Å². The van der Waals surface area contributed by atoms with Crippen molar-refractivity contribution >= 4 is 0 Å². The fourth-order valence-corrected chi connectivity index (χ4v) is 3.00. The molecule has 1 fully saturated rings. The van der Waals surface area contributed by atoms with Crippen LogP contribution in [0.1, 0.15) is 99.1 Å². The maximum atomic E-state index is 4.04. The van der Waals surface area contributed by atoms with Gasteiger partial charge >= 0.3 is 0 Å². The number of rotatable bonds is 7. The van der Waals surface area contributed by atoms with Crippen molar-refractivity contribution in [3.8, 4) is 0 Å². The van der Waals surface area contributed by atoms with Gasteiger partial charge in [-0.2, -0.15) is 0 Å². The largest absolute Gasteiger partial charge is 0.265 e. The lowest BCUT2D eigenvalue weighted by Gasteiger charge is -2.02. The molecule has 0 bridgehead atoms. The normalized spacial score (nSPS) is 12.5. The molecule has 182 valence electrons. The summed E-state index contributed by atoms with van der Waals surface area (Å²) >= 11 is 0. The molecule has 1 saturated carbocycles. The SMILES string of the molecule is CC(C)CC1CC1.CC(C)Cc1cccnc1.CC(C)Cc1ccncc1.CCC(C)C. The second kappa shape index (κ2) is 18.8. The van der Waals surface area contributed by atoms with Crippen molar-refractivity contribution in [3.05, 3.63) is 60.2 Å². The van der Waals surface area contributed by atoms with E-state index in [0.29, 0.717) is 0 Å². The third kappa shape index (κ3) is 21.5. The highest BCUT2D eigenvalue weighted by Crippen LogP contribution is 2.34. The average molecular weight is 441 g/mol. The Bertz CT molecular complexity index is 583. The van der Waals surface area contributed by atoms with Crippen molar-refractivity contribution in [2.24, 2.45) is 29.6 Å². The Hall–Kier alpha value is -1.70. The molecule has 3 rings (SSSR count). The van der Waals surface area contributed by atoms with Crippen LogP contribution in [0.4, 0.5) is 0 Å². The first-order chi connectivity index (χ1) is 15.1. The van der Waals surface area contributed by atoms with Crippen molar-refractivity contribution in [3.63, 3.8) is 0 Å². The number of pyridine rings is 2. The van der Waals surface area contributed by atoms with Gasteiger partial charge in [0, 0.05) is 24.8 Å². The average Bonchev–Trinajstić information content (AvgIpc) is 3.53. The topological polar surface area (TPSA) is 25.8 Å². The van der Waals surface area contributed by atoms with Gasteiger partial charge in [0.15, 0.2) is 0 Å². The first-order valence-electron chi connectivity index (χ1n) is 12.9. The molecule has 0 aromatic carbocycles. The van der Waals surface area contributed by atoms with E-state index < -0.39 is 0 Å². The van der Waals surface area contributed by atoms with Crippen molar-refractivity contribution in [1.82, 2.24) is 9.97 Å². The molecule has 2 heterocycles. The second-order valence-electron chi connectivity index (χ2n) is 10.8. The molecule has 0 spiro atoms. The molecule has 2 aromatic rings. The Balaban J connectivity index is 0.000000415. The molecular formula is C30H52N2. The molecule has 2 heteroatoms. The van der Waals surface area contributed by atoms with Crippen LogP contribution >= 0.6 is 0 Å². The molecule has 0 radical (unpaired) electrons. The van der Waals surface area contributed by atoms with Gasteiger partial charge in [-0.3, -0.25) is 9.97 Å². The molecule has 2 nitrogen and oxygen atoms in total. The van der Waals surface area contributed by atoms with E-state index in [9.17, 15) is 0 Å². The van der Waals surface area contributed by atoms with Gasteiger partial charge in [0.1, 0.15) is 0 Å². The fourth-order valence-electron chi connectivity index (χ4n) is 3.00. The monoisotopic (exact) mass is 440 g/mol. The fraction of sp³-hybridized carbons (Fsp3) is 0.667. The Morgan fingerprint density at radius 2 is 1.22 bits per heavy atom. The summed E-state index contributed by atoms with van der Waals surface area (Å²) in [5.41, 5.74) is 2.71. The predicted octanol–water partition coefficient (Wildman–Crippen LogP) is 9.06. The molecule has 0 N–H and O–H groups in total. The maximum absolute atomic E-state index is 4.04. The van der Waals surface area contributed by atoms with Crippen LogP contribution in [-0.2, 0) is 12.8 Å². The van der Waals surface area contributed by atoms with Gasteiger partial charge in [0.05, 0.1) is 0 Å². The summed E-state index contributed by atoms with van der Waals surface area (Å²) in [6.45, 7) is 20.1. The van der Waals surface area contributed by atoms with Gasteiger partial charge < -0.3 is 0 Å². The summed E-state index contributed by atoms with van der Waals surface area (Å²) in [5.74, 6) is 4.41. The molecule has 0 aliphatic heterocycles. The van der Waals surface area contributed by atoms with Crippen LogP contribution < -0.4 is 0 Å². The maximum Gasteiger partial charge on any atom is 0.0299 e. The van der Waals surface area contributed by atoms with Crippen LogP contribution in [0.3, 0.4) is 0 Å². The lowest BCUT2D eigenvalue weighted by Crippen LogP contribution is -1.93. The standard InChI is InChI=1S/2C9H13N.C7H14.C5H12/c1-8(2)7-9-3-5-10-6-4-9;1-8(2)6-9-4-3-5-10-7-9;1-6(2)5-7-3-4-7;1-4-5(2)3/h3-6,8H,7H2,1-2H3;3-5,7-8H,6H2,1-2H3;6-7H,3-5H2,1-2H3;5H,4H2,1-3H3. The van der Waals surface area contributed by atoms with Gasteiger partial charge in [0.25, 0.3) is 0 Å². The smallest absolute Gasteiger partial charge is 0.0299 e. The van der Waals surface area contributed by atoms with E-state index in [4.69, 9.17) is 0 Å². The van der Waals surface area contributed by atoms with Crippen molar-refractivity contribution < 1.29 is 0 Å². The van der Waals surface area contributed by atoms with Gasteiger partial charge in [-0.1, -0.05) is 87.6 Å². The highest BCUT2D eigenvalue weighted by atomic mass is 14.6. The summed E-state index contributed by atoms with van der Waals surface area (Å²) in [5, 5.41) is 0. The highest BCUT2D eigenvalue weighted by Gasteiger charge is 2.21. The van der Waals surface area contributed by atoms with Crippen LogP contribution in [0.2, 0.25) is 0 Å². The van der Waals surface area contributed by atoms with Crippen LogP contribution in [-0.4, -0.2) is 9.97 Å². The molecule has 1 aliphatic carbocycles. The minimum atomic E-state index is 0.726. The minimum Gasteiger partial charge on any atom is -0.265 e. The lowest BCUT2D eigenvalue weighted by atomic mass is 10.0. The van der Waals surface area contributed by atoms with Gasteiger partial charge in [-0.05, 0) is 78.2 Å². The molecule has 32 heavy (non-hydrogen) atoms. The highest BCUT2D eigenvalue weighted by molar-refractivity contribution is 5.10. The quantitative estimate of drug-likeness (QED) is 0.429. The predicted molar refractivity (Wildman–Crippen MR) is 143 cm³/mol. The van der Waals surface area contributed by atoms with Crippen molar-refractivity contribution in [1.29, 1.82) is 0 Å². The van der Waals surface area contributed by atoms with Crippen molar-refractivity contribution in [2.45, 2.75) is 101 Å². The van der Waals surface area contributed by atoms with E-state index in [-0.39, 0.29) is 0 Å². The summed E-state index contributed by atoms with van der Waals surface area (Å²) in [4.78, 5) is 7.99. The molecule has 0 atom stereocenters. The zero-order valence-electron chi connectivity index (χ0n) is 22.6. The van der Waals surface area contributed by atoms with Gasteiger partial charge in [-0.15, -0.1) is 0 Å². The lowest BCUT2D eigenvalue weighted by molar-refractivity contribution is 0.541. The minimum absolute atomic E-state index is 0.726. The first kappa shape index (κ1) is 30.3. The molecule has 0 amide bonds. The van der Waals surface area contributed by atoms with Gasteiger partial charge in [-0.25, -0.2) is 0 Å². The molecular weight excluding hydrogens is 388 g/mol. The van der Waals surface area contributed by atoms with E-state index >= 15 is 0 Å². The first-order valence-corrected chi connectivity index (χ1v) is 12.9. The van der Waals surface area contributed by atoms with Crippen LogP contribution in [0, 0.1) is 29.6 Å². The zero-order valence-corrected chi connectivity index (χ0v) is 22.6. The number of aromatic nitrogens is 2. The molecule has 1 aliphatic rings. The number of hydrogen-bond donors (Lipinski definition) is 0. The molecule has 2 aromatic heterocycles. The summed E-state index contributed by atoms with van der Waals surface area (Å²) < 4.78 is 0. The van der Waals surface area contributed by atoms with E-state index in [1.54, 1.807) is 0 Å². The Morgan fingerprint density at radius 1 is 0.688 bits per heavy atom. The molecule has 0 saturated heterocycles. The zero-order chi connectivity index (χ0) is 24.4. The Morgan fingerprint density at radius 3 is 1.56 bits per heavy atom. The van der Waals surface area contributed by atoms with Crippen LogP contribution in [0.15, 0.2) is 49.1 Å². The number of nitrogens with zero attached hydrogens (tertiary/aromatic N) is 2. The third-order valence-corrected chi connectivity index (χ3v) is 5.08. The third-order valence-electron chi connectivity index (χ3n) is 5.08. The van der Waals surface area contributed by atoms with E-state index in [0.717, 1.165) is 42.4 Å². The van der Waals surface area contributed by atoms with Gasteiger partial charge in [0.2, 0.25) is 0 Å². The number of hydrogen-bond acceptors (Lipinski definition) is 2. The van der Waals surface area contributed by atoms with Crippen LogP contribution in [0.25, 0.3) is 0 Å². The Kier molecular flexibility index (Phi) is 17.8. The summed E-state index contributed by atoms with van der Waals surface area (Å²) in [6.07, 6.45) is 15.5. The van der Waals surface area contributed by atoms with E-state index in [1.165, 1.54) is 36.8 Å². The molecule has 0 unspecified atom stereocenters. The Labute approximate surface area is 200 Å². The van der Waals surface area contributed by atoms with E-state index in [1.807, 2.05) is 30.9 Å². The van der Waals surface area contributed by atoms with Crippen molar-refractivity contribution in [2.75, 3.05) is 0 Å².